The zero-order chi connectivity index (χ0) is 16.5. The molecule has 1 aromatic rings. The van der Waals surface area contributed by atoms with Crippen molar-refractivity contribution in [1.29, 1.82) is 0 Å². The van der Waals surface area contributed by atoms with Crippen LogP contribution in [0.4, 0.5) is 4.79 Å². The molecule has 0 unspecified atom stereocenters. The van der Waals surface area contributed by atoms with E-state index in [0.717, 1.165) is 16.1 Å². The van der Waals surface area contributed by atoms with Gasteiger partial charge in [-0.15, -0.1) is 0 Å². The molecule has 7 heteroatoms. The van der Waals surface area contributed by atoms with Gasteiger partial charge in [-0.1, -0.05) is 47.8 Å². The van der Waals surface area contributed by atoms with Crippen molar-refractivity contribution in [2.75, 3.05) is 0 Å². The Kier molecular flexibility index (Phi) is 6.75. The molecule has 0 aliphatic heterocycles. The van der Waals surface area contributed by atoms with E-state index in [2.05, 4.69) is 5.10 Å². The van der Waals surface area contributed by atoms with Gasteiger partial charge in [-0.25, -0.2) is 4.79 Å². The summed E-state index contributed by atoms with van der Waals surface area (Å²) in [6.45, 7) is 4.99. The molecule has 0 aromatic heterocycles. The van der Waals surface area contributed by atoms with Crippen LogP contribution in [0.15, 0.2) is 47.2 Å². The smallest absolute Gasteiger partial charge is 0.442 e. The minimum Gasteiger partial charge on any atom is -0.442 e. The van der Waals surface area contributed by atoms with Gasteiger partial charge in [0.05, 0.1) is 11.3 Å². The number of carbonyl (C=O) groups is 1. The molecule has 0 N–H and O–H groups in total. The largest absolute Gasteiger partial charge is 0.453 e. The molecule has 0 radical (unpaired) electrons. The van der Waals surface area contributed by atoms with Crippen LogP contribution in [0.2, 0.25) is 0 Å². The number of amides is 1. The van der Waals surface area contributed by atoms with E-state index in [4.69, 9.17) is 4.74 Å². The number of hydrazone groups is 1. The lowest BCUT2D eigenvalue weighted by Crippen LogP contribution is -2.24. The molecule has 0 fully saturated rings. The fourth-order valence-electron chi connectivity index (χ4n) is 1.40. The van der Waals surface area contributed by atoms with Gasteiger partial charge in [-0.3, -0.25) is 0 Å². The highest BCUT2D eigenvalue weighted by Crippen LogP contribution is 2.08. The van der Waals surface area contributed by atoms with Crippen LogP contribution in [0.1, 0.15) is 32.8 Å². The van der Waals surface area contributed by atoms with Crippen molar-refractivity contribution in [3.8, 4) is 0 Å². The Balaban J connectivity index is 2.84. The molecular formula is C15H19N3O4. The van der Waals surface area contributed by atoms with Gasteiger partial charge in [-0.05, 0) is 23.8 Å². The summed E-state index contributed by atoms with van der Waals surface area (Å²) in [5, 5.41) is 15.2. The molecule has 22 heavy (non-hydrogen) atoms. The van der Waals surface area contributed by atoms with E-state index in [-0.39, 0.29) is 6.61 Å². The van der Waals surface area contributed by atoms with E-state index in [1.54, 1.807) is 6.92 Å². The fourth-order valence-corrected chi connectivity index (χ4v) is 1.40. The summed E-state index contributed by atoms with van der Waals surface area (Å²) in [7, 11) is 0. The van der Waals surface area contributed by atoms with Gasteiger partial charge in [0.2, 0.25) is 0 Å². The van der Waals surface area contributed by atoms with E-state index >= 15 is 0 Å². The zero-order valence-electron chi connectivity index (χ0n) is 12.9. The van der Waals surface area contributed by atoms with Crippen LogP contribution in [-0.4, -0.2) is 21.9 Å². The van der Waals surface area contributed by atoms with E-state index in [1.165, 1.54) is 13.1 Å². The minimum absolute atomic E-state index is 0.0716. The van der Waals surface area contributed by atoms with Gasteiger partial charge < -0.3 is 14.9 Å². The lowest BCUT2D eigenvalue weighted by Gasteiger charge is -2.09. The summed E-state index contributed by atoms with van der Waals surface area (Å²) in [6.07, 6.45) is 1.35. The topological polar surface area (TPSA) is 85.0 Å². The minimum atomic E-state index is -0.766. The standard InChI is InChI=1S/C15H19N3O4/c1-4-12(2)10-17(16-13(3)18(20)21)15(19)22-11-14-8-6-5-7-9-14/h5-10H,4,11H2,1-3H3/b12-10+,16-13+. The highest BCUT2D eigenvalue weighted by Gasteiger charge is 2.20. The first-order valence-electron chi connectivity index (χ1n) is 6.80. The third-order valence-corrected chi connectivity index (χ3v) is 2.81. The Bertz CT molecular complexity index is 582. The third kappa shape index (κ3) is 5.74. The summed E-state index contributed by atoms with van der Waals surface area (Å²) in [5.41, 5.74) is 1.67. The maximum atomic E-state index is 12.1. The van der Waals surface area contributed by atoms with Gasteiger partial charge in [-0.2, -0.15) is 0 Å². The molecule has 0 saturated carbocycles. The van der Waals surface area contributed by atoms with Crippen molar-refractivity contribution in [2.45, 2.75) is 33.8 Å². The van der Waals surface area contributed by atoms with E-state index in [9.17, 15) is 14.9 Å². The summed E-state index contributed by atoms with van der Waals surface area (Å²) in [6, 6.07) is 9.15. The Morgan fingerprint density at radius 3 is 2.55 bits per heavy atom. The van der Waals surface area contributed by atoms with Gasteiger partial charge >= 0.3 is 11.9 Å². The molecule has 0 atom stereocenters. The van der Waals surface area contributed by atoms with Crippen molar-refractivity contribution in [3.05, 3.63) is 57.8 Å². The number of ether oxygens (including phenoxy) is 1. The van der Waals surface area contributed by atoms with Crippen LogP contribution in [-0.2, 0) is 11.3 Å². The van der Waals surface area contributed by atoms with Gasteiger partial charge in [0, 0.05) is 6.92 Å². The first-order chi connectivity index (χ1) is 10.4. The lowest BCUT2D eigenvalue weighted by molar-refractivity contribution is -0.352. The number of allylic oxidation sites excluding steroid dienone is 1. The van der Waals surface area contributed by atoms with Crippen molar-refractivity contribution in [3.63, 3.8) is 0 Å². The van der Waals surface area contributed by atoms with Crippen LogP contribution in [0.3, 0.4) is 0 Å². The highest BCUT2D eigenvalue weighted by molar-refractivity contribution is 5.75. The van der Waals surface area contributed by atoms with Crippen LogP contribution in [0.25, 0.3) is 0 Å². The van der Waals surface area contributed by atoms with E-state index in [0.29, 0.717) is 6.42 Å². The molecule has 7 nitrogen and oxygen atoms in total. The molecule has 0 aliphatic rings. The number of hydrogen-bond donors (Lipinski definition) is 0. The van der Waals surface area contributed by atoms with E-state index in [1.807, 2.05) is 37.3 Å². The van der Waals surface area contributed by atoms with Gasteiger partial charge in [0.1, 0.15) is 6.61 Å². The first kappa shape index (κ1) is 17.4. The van der Waals surface area contributed by atoms with Crippen molar-refractivity contribution in [2.24, 2.45) is 5.10 Å². The first-order valence-corrected chi connectivity index (χ1v) is 6.80. The highest BCUT2D eigenvalue weighted by atomic mass is 16.6. The number of nitro groups is 1. The van der Waals surface area contributed by atoms with Gasteiger partial charge in [0.15, 0.2) is 0 Å². The Morgan fingerprint density at radius 2 is 2.00 bits per heavy atom. The molecule has 0 bridgehead atoms. The predicted molar refractivity (Wildman–Crippen MR) is 82.6 cm³/mol. The molecule has 1 aromatic carbocycles. The number of benzene rings is 1. The van der Waals surface area contributed by atoms with Crippen LogP contribution < -0.4 is 0 Å². The Morgan fingerprint density at radius 1 is 1.36 bits per heavy atom. The number of nitrogens with zero attached hydrogens (tertiary/aromatic N) is 3. The number of rotatable bonds is 5. The molecular weight excluding hydrogens is 286 g/mol. The second-order valence-electron chi connectivity index (χ2n) is 4.62. The second kappa shape index (κ2) is 8.56. The predicted octanol–water partition coefficient (Wildman–Crippen LogP) is 3.55. The normalized spacial score (nSPS) is 12.0. The van der Waals surface area contributed by atoms with Crippen molar-refractivity contribution in [1.82, 2.24) is 5.01 Å². The SMILES string of the molecule is CC/C(C)=C/N(/N=C(\C)[N+](=O)[O-])C(=O)OCc1ccccc1. The average molecular weight is 305 g/mol. The zero-order valence-corrected chi connectivity index (χ0v) is 12.9. The van der Waals surface area contributed by atoms with Crippen molar-refractivity contribution >= 4 is 11.9 Å². The molecule has 0 saturated heterocycles. The number of amidine groups is 1. The summed E-state index contributed by atoms with van der Waals surface area (Å²) in [4.78, 5) is 22.1. The van der Waals surface area contributed by atoms with E-state index < -0.39 is 16.9 Å². The summed E-state index contributed by atoms with van der Waals surface area (Å²) >= 11 is 0. The van der Waals surface area contributed by atoms with Crippen LogP contribution in [0, 0.1) is 10.1 Å². The Labute approximate surface area is 129 Å². The molecule has 1 rings (SSSR count). The maximum absolute atomic E-state index is 12.1. The molecule has 0 spiro atoms. The average Bonchev–Trinajstić information content (AvgIpc) is 2.52. The number of hydrogen-bond acceptors (Lipinski definition) is 5. The third-order valence-electron chi connectivity index (χ3n) is 2.81. The monoisotopic (exact) mass is 305 g/mol. The number of carbonyl (C=O) groups excluding carboxylic acids is 1. The summed E-state index contributed by atoms with van der Waals surface area (Å²) in [5.74, 6) is -0.392. The summed E-state index contributed by atoms with van der Waals surface area (Å²) < 4.78 is 5.13. The fraction of sp³-hybridized carbons (Fsp3) is 0.333. The Hall–Kier alpha value is -2.70. The van der Waals surface area contributed by atoms with Crippen LogP contribution >= 0.6 is 0 Å². The molecule has 0 heterocycles. The maximum Gasteiger partial charge on any atom is 0.453 e. The molecule has 1 amide bonds. The van der Waals surface area contributed by atoms with Gasteiger partial charge in [0.25, 0.3) is 0 Å². The molecule has 0 aliphatic carbocycles. The quantitative estimate of drug-likeness (QED) is 0.360. The lowest BCUT2D eigenvalue weighted by atomic mass is 10.2. The van der Waals surface area contributed by atoms with Crippen molar-refractivity contribution < 1.29 is 14.5 Å². The molecule has 118 valence electrons. The second-order valence-corrected chi connectivity index (χ2v) is 4.62. The van der Waals surface area contributed by atoms with Crippen LogP contribution in [0.5, 0.6) is 0 Å².